The van der Waals surface area contributed by atoms with Gasteiger partial charge in [0.15, 0.2) is 5.17 Å². The largest absolute Gasteiger partial charge is 0.351 e. The molecule has 2 aliphatic heterocycles. The summed E-state index contributed by atoms with van der Waals surface area (Å²) in [5.41, 5.74) is 3.29. The number of amides is 3. The number of benzene rings is 1. The Hall–Kier alpha value is -2.39. The molecule has 3 rings (SSSR count). The van der Waals surface area contributed by atoms with Gasteiger partial charge in [0.2, 0.25) is 5.91 Å². The molecule has 1 saturated heterocycles. The van der Waals surface area contributed by atoms with Crippen molar-refractivity contribution in [2.75, 3.05) is 25.0 Å². The van der Waals surface area contributed by atoms with Crippen LogP contribution in [0.25, 0.3) is 0 Å². The number of carbonyl (C=O) groups excluding carboxylic acids is 3. The highest BCUT2D eigenvalue weighted by Gasteiger charge is 2.33. The zero-order valence-electron chi connectivity index (χ0n) is 15.1. The van der Waals surface area contributed by atoms with Crippen LogP contribution in [0, 0.1) is 0 Å². The normalized spacial score (nSPS) is 19.1. The van der Waals surface area contributed by atoms with Crippen LogP contribution in [0.4, 0.5) is 5.69 Å². The summed E-state index contributed by atoms with van der Waals surface area (Å²) in [5, 5.41) is 3.01. The first-order valence-electron chi connectivity index (χ1n) is 8.93. The topological polar surface area (TPSA) is 100 Å². The van der Waals surface area contributed by atoms with E-state index < -0.39 is 5.25 Å². The highest BCUT2D eigenvalue weighted by molar-refractivity contribution is 8.15. The molecule has 0 radical (unpaired) electrons. The van der Waals surface area contributed by atoms with Crippen molar-refractivity contribution in [1.29, 1.82) is 0 Å². The van der Waals surface area contributed by atoms with Crippen LogP contribution in [0.1, 0.15) is 36.5 Å². The van der Waals surface area contributed by atoms with E-state index in [4.69, 9.17) is 4.84 Å². The molecule has 0 saturated carbocycles. The molecule has 0 aromatic heterocycles. The summed E-state index contributed by atoms with van der Waals surface area (Å²) < 4.78 is 0. The van der Waals surface area contributed by atoms with Crippen molar-refractivity contribution in [3.63, 3.8) is 0 Å². The summed E-state index contributed by atoms with van der Waals surface area (Å²) in [7, 11) is 0. The van der Waals surface area contributed by atoms with Crippen molar-refractivity contribution < 1.29 is 19.2 Å². The smallest absolute Gasteiger partial charge is 0.274 e. The number of nitrogens with one attached hydrogen (secondary N) is 2. The minimum atomic E-state index is -0.475. The fourth-order valence-corrected chi connectivity index (χ4v) is 3.95. The molecule has 1 unspecified atom stereocenters. The van der Waals surface area contributed by atoms with E-state index in [0.717, 1.165) is 31.1 Å². The Bertz CT molecular complexity index is 744. The summed E-state index contributed by atoms with van der Waals surface area (Å²) in [6.07, 6.45) is 2.28. The molecule has 2 aliphatic rings. The molecule has 0 aliphatic carbocycles. The molecule has 1 atom stereocenters. The number of hydrogen-bond acceptors (Lipinski definition) is 6. The van der Waals surface area contributed by atoms with Crippen molar-refractivity contribution in [2.24, 2.45) is 4.99 Å². The highest BCUT2D eigenvalue weighted by atomic mass is 32.2. The van der Waals surface area contributed by atoms with Gasteiger partial charge in [-0.2, -0.15) is 4.99 Å². The zero-order valence-corrected chi connectivity index (χ0v) is 15.9. The first-order valence-corrected chi connectivity index (χ1v) is 9.81. The van der Waals surface area contributed by atoms with Gasteiger partial charge in [-0.05, 0) is 44.0 Å². The molecular formula is C18H22N4O4S. The van der Waals surface area contributed by atoms with Crippen LogP contribution < -0.4 is 10.8 Å². The number of aliphatic imine (C=N–C) groups is 1. The van der Waals surface area contributed by atoms with E-state index in [-0.39, 0.29) is 24.1 Å². The summed E-state index contributed by atoms with van der Waals surface area (Å²) in [6.45, 7) is 3.98. The molecule has 8 nitrogen and oxygen atoms in total. The number of anilines is 1. The van der Waals surface area contributed by atoms with Crippen molar-refractivity contribution in [3.8, 4) is 0 Å². The van der Waals surface area contributed by atoms with Gasteiger partial charge in [0.05, 0.1) is 6.61 Å². The number of rotatable bonds is 6. The average molecular weight is 390 g/mol. The maximum absolute atomic E-state index is 12.3. The summed E-state index contributed by atoms with van der Waals surface area (Å²) in [6, 6.07) is 6.45. The average Bonchev–Trinajstić information content (AvgIpc) is 3.31. The SMILES string of the molecule is CCONC(=O)c1ccc(NC(=O)CC2SC(N3CCCC3)=NC2=O)cc1. The third-order valence-corrected chi connectivity index (χ3v) is 5.43. The molecule has 1 aromatic carbocycles. The molecule has 27 heavy (non-hydrogen) atoms. The predicted octanol–water partition coefficient (Wildman–Crippen LogP) is 1.79. The molecule has 0 spiro atoms. The lowest BCUT2D eigenvalue weighted by atomic mass is 10.2. The minimum absolute atomic E-state index is 0.0664. The van der Waals surface area contributed by atoms with E-state index >= 15 is 0 Å². The maximum Gasteiger partial charge on any atom is 0.274 e. The second-order valence-electron chi connectivity index (χ2n) is 6.23. The molecule has 1 fully saturated rings. The van der Waals surface area contributed by atoms with Crippen molar-refractivity contribution in [2.45, 2.75) is 31.4 Å². The quantitative estimate of drug-likeness (QED) is 0.719. The Morgan fingerprint density at radius 3 is 2.63 bits per heavy atom. The molecule has 2 heterocycles. The van der Waals surface area contributed by atoms with Gasteiger partial charge in [-0.3, -0.25) is 19.2 Å². The molecule has 144 valence electrons. The molecule has 0 bridgehead atoms. The number of nitrogens with zero attached hydrogens (tertiary/aromatic N) is 2. The third kappa shape index (κ3) is 5.08. The van der Waals surface area contributed by atoms with Crippen LogP contribution in [-0.4, -0.2) is 52.7 Å². The lowest BCUT2D eigenvalue weighted by Crippen LogP contribution is -2.25. The fourth-order valence-electron chi connectivity index (χ4n) is 2.83. The first-order chi connectivity index (χ1) is 13.1. The molecular weight excluding hydrogens is 368 g/mol. The Kier molecular flexibility index (Phi) is 6.46. The van der Waals surface area contributed by atoms with E-state index in [2.05, 4.69) is 20.7 Å². The Morgan fingerprint density at radius 2 is 1.96 bits per heavy atom. The number of amidine groups is 1. The highest BCUT2D eigenvalue weighted by Crippen LogP contribution is 2.29. The van der Waals surface area contributed by atoms with Gasteiger partial charge >= 0.3 is 0 Å². The molecule has 9 heteroatoms. The van der Waals surface area contributed by atoms with Gasteiger partial charge < -0.3 is 10.2 Å². The predicted molar refractivity (Wildman–Crippen MR) is 103 cm³/mol. The molecule has 2 N–H and O–H groups in total. The standard InChI is InChI=1S/C18H22N4O4S/c1-2-26-21-16(24)12-5-7-13(8-6-12)19-15(23)11-14-17(25)20-18(27-14)22-9-3-4-10-22/h5-8,14H,2-4,9-11H2,1H3,(H,19,23)(H,21,24). The van der Waals surface area contributed by atoms with E-state index in [9.17, 15) is 14.4 Å². The number of thioether (sulfide) groups is 1. The van der Waals surface area contributed by atoms with Gasteiger partial charge in [0.25, 0.3) is 11.8 Å². The van der Waals surface area contributed by atoms with Crippen LogP contribution in [0.15, 0.2) is 29.3 Å². The van der Waals surface area contributed by atoms with E-state index in [1.54, 1.807) is 31.2 Å². The van der Waals surface area contributed by atoms with Crippen LogP contribution >= 0.6 is 11.8 Å². The van der Waals surface area contributed by atoms with Gasteiger partial charge in [0, 0.05) is 30.8 Å². The second kappa shape index (κ2) is 9.01. The fraction of sp³-hybridized carbons (Fsp3) is 0.444. The van der Waals surface area contributed by atoms with Crippen LogP contribution in [0.2, 0.25) is 0 Å². The van der Waals surface area contributed by atoms with Crippen LogP contribution in [0.3, 0.4) is 0 Å². The van der Waals surface area contributed by atoms with Crippen molar-refractivity contribution in [1.82, 2.24) is 10.4 Å². The molecule has 1 aromatic rings. The lowest BCUT2D eigenvalue weighted by molar-refractivity contribution is -0.121. The third-order valence-electron chi connectivity index (χ3n) is 4.22. The minimum Gasteiger partial charge on any atom is -0.351 e. The first kappa shape index (κ1) is 19.4. The van der Waals surface area contributed by atoms with E-state index in [0.29, 0.717) is 17.9 Å². The summed E-state index contributed by atoms with van der Waals surface area (Å²) in [4.78, 5) is 47.1. The Labute approximate surface area is 161 Å². The number of likely N-dealkylation sites (tertiary alicyclic amines) is 1. The van der Waals surface area contributed by atoms with E-state index in [1.165, 1.54) is 11.8 Å². The lowest BCUT2D eigenvalue weighted by Gasteiger charge is -2.16. The number of hydroxylamine groups is 1. The molecule has 3 amide bonds. The van der Waals surface area contributed by atoms with Crippen LogP contribution in [-0.2, 0) is 14.4 Å². The Balaban J connectivity index is 1.49. The van der Waals surface area contributed by atoms with Gasteiger partial charge in [0.1, 0.15) is 5.25 Å². The number of carbonyl (C=O) groups is 3. The second-order valence-corrected chi connectivity index (χ2v) is 7.40. The van der Waals surface area contributed by atoms with Crippen molar-refractivity contribution in [3.05, 3.63) is 29.8 Å². The number of hydrogen-bond donors (Lipinski definition) is 2. The Morgan fingerprint density at radius 1 is 1.26 bits per heavy atom. The van der Waals surface area contributed by atoms with Gasteiger partial charge in [-0.1, -0.05) is 11.8 Å². The van der Waals surface area contributed by atoms with Crippen LogP contribution in [0.5, 0.6) is 0 Å². The summed E-state index contributed by atoms with van der Waals surface area (Å²) >= 11 is 1.37. The maximum atomic E-state index is 12.3. The van der Waals surface area contributed by atoms with E-state index in [1.807, 2.05) is 0 Å². The summed E-state index contributed by atoms with van der Waals surface area (Å²) in [5.74, 6) is -0.862. The van der Waals surface area contributed by atoms with Gasteiger partial charge in [-0.25, -0.2) is 5.48 Å². The van der Waals surface area contributed by atoms with Crippen molar-refractivity contribution >= 4 is 40.3 Å². The zero-order chi connectivity index (χ0) is 19.2. The van der Waals surface area contributed by atoms with Gasteiger partial charge in [-0.15, -0.1) is 0 Å². The monoisotopic (exact) mass is 390 g/mol.